The van der Waals surface area contributed by atoms with Crippen molar-refractivity contribution in [3.05, 3.63) is 222 Å². The molecule has 3 heterocycles. The monoisotopic (exact) mass is 818 g/mol. The molecule has 284 valence electrons. The summed E-state index contributed by atoms with van der Waals surface area (Å²) in [6, 6.07) is 52.8. The van der Waals surface area contributed by atoms with E-state index >= 15 is 0 Å². The molecule has 61 heavy (non-hydrogen) atoms. The van der Waals surface area contributed by atoms with Crippen molar-refractivity contribution in [1.82, 2.24) is 15.0 Å². The topological polar surface area (TPSA) is 38.7 Å². The fourth-order valence-electron chi connectivity index (χ4n) is 9.38. The van der Waals surface area contributed by atoms with E-state index in [1.807, 2.05) is 30.3 Å². The molecule has 0 amide bonds. The van der Waals surface area contributed by atoms with Gasteiger partial charge in [-0.15, -0.1) is 22.7 Å². The molecule has 12 aromatic rings. The average Bonchev–Trinajstić information content (AvgIpc) is 4.07. The first-order chi connectivity index (χ1) is 33.1. The highest BCUT2D eigenvalue weighted by Gasteiger charge is 2.45. The number of thiophene rings is 2. The zero-order valence-corrected chi connectivity index (χ0v) is 33.8. The van der Waals surface area contributed by atoms with Crippen LogP contribution in [0.5, 0.6) is 0 Å². The maximum absolute atomic E-state index is 9.62. The number of rotatable bonds is 5. The van der Waals surface area contributed by atoms with Crippen molar-refractivity contribution < 1.29 is 9.60 Å². The van der Waals surface area contributed by atoms with Gasteiger partial charge in [0, 0.05) is 57.0 Å². The Labute approximate surface area is 369 Å². The van der Waals surface area contributed by atoms with E-state index in [0.717, 1.165) is 37.9 Å². The van der Waals surface area contributed by atoms with Crippen LogP contribution >= 0.6 is 22.7 Å². The van der Waals surface area contributed by atoms with Crippen LogP contribution in [-0.4, -0.2) is 15.0 Å². The largest absolute Gasteiger partial charge is 0.208 e. The van der Waals surface area contributed by atoms with Crippen LogP contribution in [0.15, 0.2) is 200 Å². The maximum Gasteiger partial charge on any atom is 0.164 e. The quantitative estimate of drug-likeness (QED) is 0.174. The smallest absolute Gasteiger partial charge is 0.164 e. The van der Waals surface area contributed by atoms with Crippen LogP contribution in [0.2, 0.25) is 0 Å². The Morgan fingerprint density at radius 3 is 1.84 bits per heavy atom. The van der Waals surface area contributed by atoms with Gasteiger partial charge in [0.2, 0.25) is 0 Å². The molecular formula is C56H33N3S2. The normalized spacial score (nSPS) is 14.7. The van der Waals surface area contributed by atoms with Gasteiger partial charge >= 0.3 is 0 Å². The molecule has 0 N–H and O–H groups in total. The van der Waals surface area contributed by atoms with Crippen molar-refractivity contribution in [1.29, 1.82) is 0 Å². The van der Waals surface area contributed by atoms with Crippen LogP contribution in [0.3, 0.4) is 0 Å². The molecule has 0 radical (unpaired) electrons. The van der Waals surface area contributed by atoms with Crippen LogP contribution in [-0.2, 0) is 5.41 Å². The van der Waals surface area contributed by atoms with E-state index in [0.29, 0.717) is 22.8 Å². The standard InChI is InChI=1S/C56H33N3S2/c1-2-13-38(14-3-1)56(47-19-9-6-16-41(47)42-17-7-10-20-48(42)56)39-27-22-35(23-28-39)53-57-54(36-25-29-44-43-18-8-11-21-49(43)60-50(44)32-36)59-55(58-53)37-26-30-45-46-31-24-34-12-4-5-15-40(34)52(46)61-51(45)33-37/h1-33H/i8D,11D,18D,21D,25D,29D,32D. The number of fused-ring (bicyclic) bond motifs is 11. The lowest BCUT2D eigenvalue weighted by atomic mass is 9.67. The molecule has 0 fully saturated rings. The second kappa shape index (κ2) is 13.4. The summed E-state index contributed by atoms with van der Waals surface area (Å²) < 4.78 is 65.2. The molecular weight excluding hydrogens is 779 g/mol. The Hall–Kier alpha value is -7.31. The van der Waals surface area contributed by atoms with Crippen molar-refractivity contribution in [2.45, 2.75) is 5.41 Å². The molecule has 3 nitrogen and oxygen atoms in total. The third kappa shape index (κ3) is 5.18. The third-order valence-corrected chi connectivity index (χ3v) is 14.3. The van der Waals surface area contributed by atoms with Gasteiger partial charge in [-0.25, -0.2) is 15.0 Å². The van der Waals surface area contributed by atoms with E-state index in [4.69, 9.17) is 20.4 Å². The maximum atomic E-state index is 9.62. The van der Waals surface area contributed by atoms with Gasteiger partial charge in [-0.1, -0.05) is 182 Å². The summed E-state index contributed by atoms with van der Waals surface area (Å²) in [6.45, 7) is 0. The number of hydrogen-bond acceptors (Lipinski definition) is 5. The van der Waals surface area contributed by atoms with E-state index in [9.17, 15) is 4.11 Å². The predicted octanol–water partition coefficient (Wildman–Crippen LogP) is 15.1. The minimum Gasteiger partial charge on any atom is -0.208 e. The van der Waals surface area contributed by atoms with Gasteiger partial charge in [0.1, 0.15) is 0 Å². The van der Waals surface area contributed by atoms with E-state index in [1.165, 1.54) is 37.7 Å². The molecule has 5 heteroatoms. The minimum absolute atomic E-state index is 0.0161. The lowest BCUT2D eigenvalue weighted by Gasteiger charge is -2.34. The van der Waals surface area contributed by atoms with Gasteiger partial charge in [-0.05, 0) is 62.3 Å². The fourth-order valence-corrected chi connectivity index (χ4v) is 11.6. The Morgan fingerprint density at radius 2 is 1.03 bits per heavy atom. The van der Waals surface area contributed by atoms with E-state index < -0.39 is 17.5 Å². The Bertz CT molecular complexity index is 4090. The summed E-state index contributed by atoms with van der Waals surface area (Å²) in [5, 5.41) is 4.90. The van der Waals surface area contributed by atoms with Crippen LogP contribution in [0.1, 0.15) is 31.8 Å². The molecule has 0 atom stereocenters. The molecule has 0 aliphatic heterocycles. The van der Waals surface area contributed by atoms with Crippen molar-refractivity contribution in [3.63, 3.8) is 0 Å². The molecule has 0 spiro atoms. The van der Waals surface area contributed by atoms with Crippen LogP contribution < -0.4 is 0 Å². The average molecular weight is 819 g/mol. The van der Waals surface area contributed by atoms with Gasteiger partial charge in [-0.3, -0.25) is 0 Å². The second-order valence-electron chi connectivity index (χ2n) is 15.3. The first kappa shape index (κ1) is 28.2. The van der Waals surface area contributed by atoms with Crippen LogP contribution in [0, 0.1) is 0 Å². The number of hydrogen-bond donors (Lipinski definition) is 0. The molecule has 13 rings (SSSR count). The first-order valence-corrected chi connectivity index (χ1v) is 21.7. The second-order valence-corrected chi connectivity index (χ2v) is 17.4. The highest BCUT2D eigenvalue weighted by molar-refractivity contribution is 7.26. The third-order valence-electron chi connectivity index (χ3n) is 12.1. The number of aromatic nitrogens is 3. The zero-order chi connectivity index (χ0) is 46.2. The summed E-state index contributed by atoms with van der Waals surface area (Å²) >= 11 is 2.72. The predicted molar refractivity (Wildman–Crippen MR) is 257 cm³/mol. The highest BCUT2D eigenvalue weighted by atomic mass is 32.1. The summed E-state index contributed by atoms with van der Waals surface area (Å²) in [7, 11) is 0. The summed E-state index contributed by atoms with van der Waals surface area (Å²) in [4.78, 5) is 15.2. The molecule has 0 saturated heterocycles. The van der Waals surface area contributed by atoms with Crippen molar-refractivity contribution in [2.75, 3.05) is 0 Å². The SMILES string of the molecule is [2H]c1c([2H])c([2H])c2c(sc3c([2H])c(-c4nc(-c5ccc(C6(c7ccccc7)c7ccccc7-c7ccccc76)cc5)nc(-c5ccc6c(c5)sc5c7ccccc7ccc65)n4)c([2H])c([2H])c32)c1[2H]. The van der Waals surface area contributed by atoms with Crippen LogP contribution in [0.4, 0.5) is 0 Å². The van der Waals surface area contributed by atoms with Crippen LogP contribution in [0.25, 0.3) is 96.4 Å². The summed E-state index contributed by atoms with van der Waals surface area (Å²) in [5.41, 5.74) is 7.76. The highest BCUT2D eigenvalue weighted by Crippen LogP contribution is 2.56. The molecule has 0 bridgehead atoms. The Balaban J connectivity index is 1.03. The molecule has 1 aliphatic rings. The summed E-state index contributed by atoms with van der Waals surface area (Å²) in [5.74, 6) is 0.693. The van der Waals surface area contributed by atoms with Gasteiger partial charge in [-0.2, -0.15) is 0 Å². The van der Waals surface area contributed by atoms with Crippen molar-refractivity contribution in [2.24, 2.45) is 0 Å². The fraction of sp³-hybridized carbons (Fsp3) is 0.0179. The Morgan fingerprint density at radius 1 is 0.410 bits per heavy atom. The van der Waals surface area contributed by atoms with E-state index in [1.54, 1.807) is 11.3 Å². The number of benzene rings is 9. The van der Waals surface area contributed by atoms with Gasteiger partial charge in [0.15, 0.2) is 17.5 Å². The minimum atomic E-state index is -0.614. The lowest BCUT2D eigenvalue weighted by Crippen LogP contribution is -2.28. The molecule has 0 unspecified atom stereocenters. The Kier molecular flexibility index (Phi) is 6.17. The lowest BCUT2D eigenvalue weighted by molar-refractivity contribution is 0.768. The summed E-state index contributed by atoms with van der Waals surface area (Å²) in [6.07, 6.45) is 0. The molecule has 0 saturated carbocycles. The zero-order valence-electron chi connectivity index (χ0n) is 39.2. The molecule has 3 aromatic heterocycles. The number of nitrogens with zero attached hydrogens (tertiary/aromatic N) is 3. The van der Waals surface area contributed by atoms with Gasteiger partial charge < -0.3 is 0 Å². The van der Waals surface area contributed by atoms with Gasteiger partial charge in [0.25, 0.3) is 0 Å². The van der Waals surface area contributed by atoms with Crippen molar-refractivity contribution in [3.8, 4) is 45.3 Å². The van der Waals surface area contributed by atoms with Gasteiger partial charge in [0.05, 0.1) is 15.0 Å². The molecule has 9 aromatic carbocycles. The van der Waals surface area contributed by atoms with Crippen molar-refractivity contribution >= 4 is 73.8 Å². The first-order valence-electron chi connectivity index (χ1n) is 23.5. The van der Waals surface area contributed by atoms with E-state index in [2.05, 4.69) is 127 Å². The van der Waals surface area contributed by atoms with E-state index in [-0.39, 0.29) is 61.8 Å². The molecule has 1 aliphatic carbocycles.